The third-order valence-electron chi connectivity index (χ3n) is 7.25. The van der Waals surface area contributed by atoms with Crippen LogP contribution in [0.25, 0.3) is 0 Å². The number of carboxylic acids is 1. The largest absolute Gasteiger partial charge is 0.493 e. The Morgan fingerprint density at radius 2 is 1.53 bits per heavy atom. The van der Waals surface area contributed by atoms with Gasteiger partial charge in [-0.05, 0) is 71.8 Å². The summed E-state index contributed by atoms with van der Waals surface area (Å²) in [6.45, 7) is 2.34. The molecule has 1 N–H and O–H groups in total. The summed E-state index contributed by atoms with van der Waals surface area (Å²) in [5, 5.41) is 9.81. The second kappa shape index (κ2) is 11.6. The van der Waals surface area contributed by atoms with Crippen LogP contribution in [0.15, 0.2) is 48.5 Å². The van der Waals surface area contributed by atoms with E-state index in [1.165, 1.54) is 0 Å². The highest BCUT2D eigenvalue weighted by atomic mass is 16.5. The number of aromatic carboxylic acids is 1. The molecule has 0 unspecified atom stereocenters. The molecule has 3 atom stereocenters. The number of rotatable bonds is 10. The molecule has 8 nitrogen and oxygen atoms in total. The molecule has 1 aliphatic rings. The minimum absolute atomic E-state index is 0.0555. The number of carbonyl (C=O) groups is 1. The van der Waals surface area contributed by atoms with E-state index in [2.05, 4.69) is 0 Å². The Labute approximate surface area is 223 Å². The van der Waals surface area contributed by atoms with Gasteiger partial charge in [-0.1, -0.05) is 18.2 Å². The molecule has 0 aliphatic carbocycles. The van der Waals surface area contributed by atoms with Crippen molar-refractivity contribution in [3.63, 3.8) is 0 Å². The molecule has 1 saturated heterocycles. The van der Waals surface area contributed by atoms with Gasteiger partial charge in [-0.2, -0.15) is 0 Å². The molecule has 1 fully saturated rings. The Balaban J connectivity index is 1.82. The maximum atomic E-state index is 12.0. The molecule has 0 aromatic heterocycles. The maximum absolute atomic E-state index is 12.0. The SMILES string of the molecule is COc1ccc(C[C@H]2CO[C@H](c3cc(OC)c(OC)c(OC)c3)[C@H]2c2cccc(C(=O)O)c2C)cc1OC. The van der Waals surface area contributed by atoms with Crippen molar-refractivity contribution >= 4 is 5.97 Å². The van der Waals surface area contributed by atoms with E-state index >= 15 is 0 Å². The van der Waals surface area contributed by atoms with Crippen molar-refractivity contribution in [3.8, 4) is 28.7 Å². The highest BCUT2D eigenvalue weighted by Gasteiger charge is 2.41. The summed E-state index contributed by atoms with van der Waals surface area (Å²) in [5.41, 5.74) is 3.87. The van der Waals surface area contributed by atoms with Gasteiger partial charge >= 0.3 is 5.97 Å². The van der Waals surface area contributed by atoms with Crippen LogP contribution >= 0.6 is 0 Å². The smallest absolute Gasteiger partial charge is 0.335 e. The second-order valence-electron chi connectivity index (χ2n) is 9.22. The third kappa shape index (κ3) is 5.09. The highest BCUT2D eigenvalue weighted by Crippen LogP contribution is 2.51. The molecule has 202 valence electrons. The summed E-state index contributed by atoms with van der Waals surface area (Å²) >= 11 is 0. The first-order valence-corrected chi connectivity index (χ1v) is 12.3. The zero-order chi connectivity index (χ0) is 27.4. The van der Waals surface area contributed by atoms with Gasteiger partial charge < -0.3 is 33.5 Å². The van der Waals surface area contributed by atoms with Crippen molar-refractivity contribution in [1.29, 1.82) is 0 Å². The summed E-state index contributed by atoms with van der Waals surface area (Å²) in [6, 6.07) is 15.1. The van der Waals surface area contributed by atoms with Crippen LogP contribution in [0.1, 0.15) is 44.6 Å². The maximum Gasteiger partial charge on any atom is 0.335 e. The van der Waals surface area contributed by atoms with Crippen LogP contribution in [0.5, 0.6) is 28.7 Å². The van der Waals surface area contributed by atoms with E-state index in [-0.39, 0.29) is 23.5 Å². The van der Waals surface area contributed by atoms with E-state index in [0.29, 0.717) is 41.8 Å². The summed E-state index contributed by atoms with van der Waals surface area (Å²) in [7, 11) is 7.95. The van der Waals surface area contributed by atoms with Gasteiger partial charge in [-0.15, -0.1) is 0 Å². The molecular formula is C30H34O8. The van der Waals surface area contributed by atoms with Gasteiger partial charge in [0.05, 0.1) is 53.8 Å². The highest BCUT2D eigenvalue weighted by molar-refractivity contribution is 5.89. The fourth-order valence-corrected chi connectivity index (χ4v) is 5.41. The molecule has 1 aliphatic heterocycles. The molecular weight excluding hydrogens is 488 g/mol. The minimum Gasteiger partial charge on any atom is -0.493 e. The first kappa shape index (κ1) is 27.1. The van der Waals surface area contributed by atoms with E-state index in [9.17, 15) is 9.90 Å². The molecule has 0 spiro atoms. The van der Waals surface area contributed by atoms with E-state index in [1.54, 1.807) is 47.7 Å². The van der Waals surface area contributed by atoms with Crippen LogP contribution in [0.3, 0.4) is 0 Å². The molecule has 0 bridgehead atoms. The lowest BCUT2D eigenvalue weighted by Gasteiger charge is -2.27. The van der Waals surface area contributed by atoms with Crippen LogP contribution in [-0.2, 0) is 11.2 Å². The van der Waals surface area contributed by atoms with Crippen molar-refractivity contribution in [3.05, 3.63) is 76.3 Å². The molecule has 3 aromatic carbocycles. The average molecular weight is 523 g/mol. The average Bonchev–Trinajstić information content (AvgIpc) is 3.34. The summed E-state index contributed by atoms with van der Waals surface area (Å²) in [4.78, 5) is 12.0. The third-order valence-corrected chi connectivity index (χ3v) is 7.25. The molecule has 0 radical (unpaired) electrons. The van der Waals surface area contributed by atoms with Gasteiger partial charge in [-0.3, -0.25) is 0 Å². The second-order valence-corrected chi connectivity index (χ2v) is 9.22. The fraction of sp³-hybridized carbons (Fsp3) is 0.367. The van der Waals surface area contributed by atoms with Crippen molar-refractivity contribution < 1.29 is 38.3 Å². The summed E-state index contributed by atoms with van der Waals surface area (Å²) in [6.07, 6.45) is 0.333. The normalized spacial score (nSPS) is 18.6. The number of carboxylic acid groups (broad SMARTS) is 1. The van der Waals surface area contributed by atoms with Gasteiger partial charge in [0.15, 0.2) is 23.0 Å². The molecule has 0 saturated carbocycles. The Morgan fingerprint density at radius 3 is 2.11 bits per heavy atom. The predicted octanol–water partition coefficient (Wildman–Crippen LogP) is 5.45. The predicted molar refractivity (Wildman–Crippen MR) is 142 cm³/mol. The van der Waals surface area contributed by atoms with Gasteiger partial charge in [0.2, 0.25) is 5.75 Å². The van der Waals surface area contributed by atoms with E-state index in [0.717, 1.165) is 22.3 Å². The standard InChI is InChI=1S/C30H34O8/c1-17-21(8-7-9-22(17)30(31)32)27-20(12-18-10-11-23(33-2)24(13-18)34-3)16-38-28(27)19-14-25(35-4)29(37-6)26(15-19)36-5/h7-11,13-15,20,27-28H,12,16H2,1-6H3,(H,31,32)/t20-,27+,28+/m0/s1. The Bertz CT molecular complexity index is 1280. The van der Waals surface area contributed by atoms with E-state index < -0.39 is 5.97 Å². The number of ether oxygens (including phenoxy) is 6. The van der Waals surface area contributed by atoms with Crippen LogP contribution < -0.4 is 23.7 Å². The van der Waals surface area contributed by atoms with E-state index in [4.69, 9.17) is 28.4 Å². The zero-order valence-corrected chi connectivity index (χ0v) is 22.6. The molecule has 3 aromatic rings. The Morgan fingerprint density at radius 1 is 0.868 bits per heavy atom. The van der Waals surface area contributed by atoms with Crippen molar-refractivity contribution in [2.45, 2.75) is 25.4 Å². The van der Waals surface area contributed by atoms with Gasteiger partial charge in [0.25, 0.3) is 0 Å². The molecule has 0 amide bonds. The number of hydrogen-bond acceptors (Lipinski definition) is 7. The van der Waals surface area contributed by atoms with Crippen molar-refractivity contribution in [1.82, 2.24) is 0 Å². The molecule has 4 rings (SSSR count). The monoisotopic (exact) mass is 522 g/mol. The quantitative estimate of drug-likeness (QED) is 0.376. The number of benzene rings is 3. The molecule has 1 heterocycles. The zero-order valence-electron chi connectivity index (χ0n) is 22.6. The first-order chi connectivity index (χ1) is 18.4. The topological polar surface area (TPSA) is 92.7 Å². The fourth-order valence-electron chi connectivity index (χ4n) is 5.41. The lowest BCUT2D eigenvalue weighted by Crippen LogP contribution is -2.18. The Kier molecular flexibility index (Phi) is 8.32. The molecule has 38 heavy (non-hydrogen) atoms. The lowest BCUT2D eigenvalue weighted by atomic mass is 9.77. The molecule has 8 heteroatoms. The van der Waals surface area contributed by atoms with Crippen molar-refractivity contribution in [2.24, 2.45) is 5.92 Å². The van der Waals surface area contributed by atoms with Crippen LogP contribution in [-0.4, -0.2) is 53.2 Å². The van der Waals surface area contributed by atoms with E-state index in [1.807, 2.05) is 43.3 Å². The summed E-state index contributed by atoms with van der Waals surface area (Å²) in [5.74, 6) is 1.85. The van der Waals surface area contributed by atoms with Crippen LogP contribution in [0, 0.1) is 12.8 Å². The number of methoxy groups -OCH3 is 5. The van der Waals surface area contributed by atoms with Crippen LogP contribution in [0.4, 0.5) is 0 Å². The van der Waals surface area contributed by atoms with Crippen molar-refractivity contribution in [2.75, 3.05) is 42.2 Å². The number of hydrogen-bond donors (Lipinski definition) is 1. The lowest BCUT2D eigenvalue weighted by molar-refractivity contribution is 0.0695. The van der Waals surface area contributed by atoms with Gasteiger partial charge in [-0.25, -0.2) is 4.79 Å². The van der Waals surface area contributed by atoms with Gasteiger partial charge in [0, 0.05) is 5.92 Å². The van der Waals surface area contributed by atoms with Gasteiger partial charge in [0.1, 0.15) is 0 Å². The first-order valence-electron chi connectivity index (χ1n) is 12.3. The minimum atomic E-state index is -0.955. The summed E-state index contributed by atoms with van der Waals surface area (Å²) < 4.78 is 34.1. The van der Waals surface area contributed by atoms with Crippen LogP contribution in [0.2, 0.25) is 0 Å². The Hall–Kier alpha value is -3.91.